The second kappa shape index (κ2) is 7.83. The van der Waals surface area contributed by atoms with E-state index in [1.807, 2.05) is 38.1 Å². The van der Waals surface area contributed by atoms with Gasteiger partial charge < -0.3 is 14.9 Å². The van der Waals surface area contributed by atoms with E-state index in [-0.39, 0.29) is 18.4 Å². The van der Waals surface area contributed by atoms with Crippen molar-refractivity contribution < 1.29 is 24.5 Å². The number of hydrogen-bond acceptors (Lipinski definition) is 6. The first-order chi connectivity index (χ1) is 14.3. The van der Waals surface area contributed by atoms with Crippen molar-refractivity contribution in [2.45, 2.75) is 51.7 Å². The van der Waals surface area contributed by atoms with E-state index in [1.165, 1.54) is 9.80 Å². The third-order valence-electron chi connectivity index (χ3n) is 6.18. The number of hydrogen-bond donors (Lipinski definition) is 2. The summed E-state index contributed by atoms with van der Waals surface area (Å²) in [5.74, 6) is -0.0566. The second-order valence-corrected chi connectivity index (χ2v) is 8.02. The average molecular weight is 410 g/mol. The highest BCUT2D eigenvalue weighted by molar-refractivity contribution is 6.21. The van der Waals surface area contributed by atoms with Gasteiger partial charge in [0.1, 0.15) is 18.2 Å². The number of aryl methyl sites for hydroxylation is 2. The fraction of sp³-hybridized carbons (Fsp3) is 0.391. The molecule has 0 aromatic heterocycles. The highest BCUT2D eigenvalue weighted by atomic mass is 16.5. The minimum atomic E-state index is -1.17. The summed E-state index contributed by atoms with van der Waals surface area (Å²) >= 11 is 0. The summed E-state index contributed by atoms with van der Waals surface area (Å²) in [5, 5.41) is 21.5. The van der Waals surface area contributed by atoms with Crippen LogP contribution in [0.5, 0.6) is 5.75 Å². The van der Waals surface area contributed by atoms with Crippen LogP contribution >= 0.6 is 0 Å². The Kier molecular flexibility index (Phi) is 5.36. The molecule has 158 valence electrons. The molecule has 2 aliphatic heterocycles. The first kappa shape index (κ1) is 20.5. The average Bonchev–Trinajstić information content (AvgIpc) is 2.96. The van der Waals surface area contributed by atoms with E-state index in [0.717, 1.165) is 16.7 Å². The zero-order valence-electron chi connectivity index (χ0n) is 17.3. The monoisotopic (exact) mass is 410 g/mol. The van der Waals surface area contributed by atoms with Crippen LogP contribution in [0, 0.1) is 13.8 Å². The molecule has 1 saturated heterocycles. The van der Waals surface area contributed by atoms with Gasteiger partial charge in [-0.15, -0.1) is 0 Å². The Morgan fingerprint density at radius 2 is 1.53 bits per heavy atom. The van der Waals surface area contributed by atoms with Crippen LogP contribution in [0.4, 0.5) is 0 Å². The summed E-state index contributed by atoms with van der Waals surface area (Å²) < 4.78 is 5.16. The quantitative estimate of drug-likeness (QED) is 0.751. The molecule has 0 saturated carbocycles. The van der Waals surface area contributed by atoms with Crippen LogP contribution in [-0.2, 0) is 6.54 Å². The zero-order chi connectivity index (χ0) is 21.6. The molecule has 4 rings (SSSR count). The maximum atomic E-state index is 13.0. The molecule has 3 atom stereocenters. The fourth-order valence-electron chi connectivity index (χ4n) is 4.26. The molecule has 7 heteroatoms. The molecule has 2 amide bonds. The molecule has 2 aromatic rings. The smallest absolute Gasteiger partial charge is 0.261 e. The first-order valence-electron chi connectivity index (χ1n) is 10.1. The van der Waals surface area contributed by atoms with Gasteiger partial charge in [0, 0.05) is 6.54 Å². The number of benzene rings is 2. The molecule has 0 spiro atoms. The van der Waals surface area contributed by atoms with Crippen molar-refractivity contribution in [1.29, 1.82) is 0 Å². The summed E-state index contributed by atoms with van der Waals surface area (Å²) in [6.07, 6.45) is -1.34. The summed E-state index contributed by atoms with van der Waals surface area (Å²) in [7, 11) is 1.59. The van der Waals surface area contributed by atoms with Crippen LogP contribution in [0.15, 0.2) is 36.4 Å². The van der Waals surface area contributed by atoms with Crippen molar-refractivity contribution in [3.63, 3.8) is 0 Å². The van der Waals surface area contributed by atoms with Crippen LogP contribution in [-0.4, -0.2) is 57.4 Å². The molecule has 0 aliphatic carbocycles. The van der Waals surface area contributed by atoms with Gasteiger partial charge in [-0.3, -0.25) is 14.5 Å². The minimum absolute atomic E-state index is 0.282. The van der Waals surface area contributed by atoms with Crippen molar-refractivity contribution >= 4 is 11.8 Å². The van der Waals surface area contributed by atoms with Crippen LogP contribution in [0.1, 0.15) is 50.2 Å². The number of aliphatic hydroxyl groups excluding tert-OH is 2. The van der Waals surface area contributed by atoms with E-state index < -0.39 is 18.5 Å². The van der Waals surface area contributed by atoms with Gasteiger partial charge >= 0.3 is 0 Å². The number of piperidine rings is 1. The predicted molar refractivity (Wildman–Crippen MR) is 110 cm³/mol. The van der Waals surface area contributed by atoms with Gasteiger partial charge in [0.15, 0.2) is 0 Å². The molecular formula is C23H26N2O5. The topological polar surface area (TPSA) is 90.3 Å². The lowest BCUT2D eigenvalue weighted by molar-refractivity contribution is -0.160. The van der Waals surface area contributed by atoms with E-state index in [1.54, 1.807) is 19.2 Å². The number of nitrogens with zero attached hydrogens (tertiary/aromatic N) is 2. The number of aliphatic hydroxyl groups is 2. The van der Waals surface area contributed by atoms with Crippen LogP contribution in [0.25, 0.3) is 0 Å². The molecule has 2 aliphatic rings. The van der Waals surface area contributed by atoms with Gasteiger partial charge in [-0.1, -0.05) is 12.1 Å². The standard InChI is InChI=1S/C23H26N2O5/c1-13-10-17-18(11-14(13)2)22(28)25(21(17)27)19-8-9-20(26)24(23(19)29)12-15-4-6-16(30-3)7-5-15/h4-7,10-11,19-20,23,26,29H,8-9,12H2,1-3H3. The molecule has 3 unspecified atom stereocenters. The van der Waals surface area contributed by atoms with E-state index in [9.17, 15) is 19.8 Å². The highest BCUT2D eigenvalue weighted by Crippen LogP contribution is 2.33. The molecule has 2 heterocycles. The Morgan fingerprint density at radius 1 is 0.967 bits per heavy atom. The van der Waals surface area contributed by atoms with Gasteiger partial charge in [0.25, 0.3) is 11.8 Å². The third-order valence-corrected chi connectivity index (χ3v) is 6.18. The Hall–Kier alpha value is -2.74. The number of amides is 2. The summed E-state index contributed by atoms with van der Waals surface area (Å²) in [6, 6.07) is 10.1. The number of imide groups is 1. The third kappa shape index (κ3) is 3.39. The lowest BCUT2D eigenvalue weighted by Gasteiger charge is -2.43. The maximum absolute atomic E-state index is 13.0. The molecular weight excluding hydrogens is 384 g/mol. The molecule has 7 nitrogen and oxygen atoms in total. The van der Waals surface area contributed by atoms with Crippen molar-refractivity contribution in [1.82, 2.24) is 9.80 Å². The number of fused-ring (bicyclic) bond motifs is 1. The van der Waals surface area contributed by atoms with Crippen molar-refractivity contribution in [2.24, 2.45) is 0 Å². The lowest BCUT2D eigenvalue weighted by Crippen LogP contribution is -2.59. The second-order valence-electron chi connectivity index (χ2n) is 8.02. The Bertz CT molecular complexity index is 947. The number of methoxy groups -OCH3 is 1. The predicted octanol–water partition coefficient (Wildman–Crippen LogP) is 2.21. The van der Waals surface area contributed by atoms with Gasteiger partial charge in [0.2, 0.25) is 0 Å². The van der Waals surface area contributed by atoms with Gasteiger partial charge in [-0.25, -0.2) is 4.90 Å². The normalized spacial score (nSPS) is 24.3. The number of carbonyl (C=O) groups excluding carboxylic acids is 2. The van der Waals surface area contributed by atoms with Crippen molar-refractivity contribution in [3.8, 4) is 5.75 Å². The molecule has 2 aromatic carbocycles. The Balaban J connectivity index is 1.58. The number of rotatable bonds is 4. The Morgan fingerprint density at radius 3 is 2.07 bits per heavy atom. The molecule has 0 radical (unpaired) electrons. The maximum Gasteiger partial charge on any atom is 0.261 e. The van der Waals surface area contributed by atoms with E-state index in [4.69, 9.17) is 4.74 Å². The molecule has 2 N–H and O–H groups in total. The molecule has 0 bridgehead atoms. The van der Waals surface area contributed by atoms with Crippen LogP contribution in [0.3, 0.4) is 0 Å². The lowest BCUT2D eigenvalue weighted by atomic mass is 9.99. The largest absolute Gasteiger partial charge is 0.497 e. The summed E-state index contributed by atoms with van der Waals surface area (Å²) in [5.41, 5.74) is 3.52. The molecule has 1 fully saturated rings. The highest BCUT2D eigenvalue weighted by Gasteiger charge is 2.47. The van der Waals surface area contributed by atoms with Gasteiger partial charge in [0.05, 0.1) is 24.3 Å². The van der Waals surface area contributed by atoms with E-state index >= 15 is 0 Å². The summed E-state index contributed by atoms with van der Waals surface area (Å²) in [4.78, 5) is 28.8. The number of ether oxygens (including phenoxy) is 1. The van der Waals surface area contributed by atoms with E-state index in [0.29, 0.717) is 29.7 Å². The number of carbonyl (C=O) groups is 2. The first-order valence-corrected chi connectivity index (χ1v) is 10.1. The van der Waals surface area contributed by atoms with Gasteiger partial charge in [-0.05, 0) is 67.6 Å². The SMILES string of the molecule is COc1ccc(CN2C(O)CCC(N3C(=O)c4cc(C)c(C)cc4C3=O)C2O)cc1. The van der Waals surface area contributed by atoms with Crippen LogP contribution < -0.4 is 4.74 Å². The zero-order valence-corrected chi connectivity index (χ0v) is 17.3. The van der Waals surface area contributed by atoms with Crippen LogP contribution in [0.2, 0.25) is 0 Å². The van der Waals surface area contributed by atoms with Crippen molar-refractivity contribution in [3.05, 3.63) is 64.2 Å². The van der Waals surface area contributed by atoms with Gasteiger partial charge in [-0.2, -0.15) is 0 Å². The number of likely N-dealkylation sites (tertiary alicyclic amines) is 1. The fourth-order valence-corrected chi connectivity index (χ4v) is 4.26. The summed E-state index contributed by atoms with van der Waals surface area (Å²) in [6.45, 7) is 4.08. The van der Waals surface area contributed by atoms with E-state index in [2.05, 4.69) is 0 Å². The molecule has 30 heavy (non-hydrogen) atoms. The Labute approximate surface area is 175 Å². The van der Waals surface area contributed by atoms with Crippen molar-refractivity contribution in [2.75, 3.05) is 7.11 Å². The minimum Gasteiger partial charge on any atom is -0.497 e.